The number of rotatable bonds is 9. The van der Waals surface area contributed by atoms with Crippen molar-refractivity contribution in [3.8, 4) is 0 Å². The normalized spacial score (nSPS) is 22.8. The first-order chi connectivity index (χ1) is 14.6. The van der Waals surface area contributed by atoms with Gasteiger partial charge in [-0.2, -0.15) is 0 Å². The number of sulfone groups is 1. The van der Waals surface area contributed by atoms with Crippen LogP contribution >= 0.6 is 23.2 Å². The van der Waals surface area contributed by atoms with E-state index in [2.05, 4.69) is 5.32 Å². The van der Waals surface area contributed by atoms with Crippen LogP contribution in [0, 0.1) is 0 Å². The second-order valence-electron chi connectivity index (χ2n) is 8.01. The molecule has 0 spiro atoms. The number of carbonyl (C=O) groups is 3. The molecule has 0 aromatic heterocycles. The summed E-state index contributed by atoms with van der Waals surface area (Å²) in [6.45, 7) is 1.73. The number of carbonyl (C=O) groups excluding carboxylic acids is 3. The van der Waals surface area contributed by atoms with Crippen LogP contribution in [0.15, 0.2) is 23.1 Å². The Kier molecular flexibility index (Phi) is 7.30. The molecule has 2 fully saturated rings. The number of Topliss-reactive ketones (excluding diaryl/α,β-unsaturated/α-hetero) is 1. The third kappa shape index (κ3) is 5.22. The maximum Gasteiger partial charge on any atom is 0.289 e. The predicted octanol–water partition coefficient (Wildman–Crippen LogP) is 1.71. The summed E-state index contributed by atoms with van der Waals surface area (Å²) in [6, 6.07) is 2.16. The third-order valence-electron chi connectivity index (χ3n) is 5.67. The molecule has 11 heteroatoms. The molecule has 1 saturated carbocycles. The van der Waals surface area contributed by atoms with E-state index in [9.17, 15) is 22.8 Å². The number of halogens is 2. The summed E-state index contributed by atoms with van der Waals surface area (Å²) in [7, 11) is -3.94. The number of nitrogens with two attached hydrogens (primary N) is 1. The fourth-order valence-corrected chi connectivity index (χ4v) is 6.39. The molecule has 2 aliphatic rings. The van der Waals surface area contributed by atoms with Gasteiger partial charge in [0.15, 0.2) is 9.84 Å². The average molecular weight is 490 g/mol. The zero-order valence-electron chi connectivity index (χ0n) is 17.0. The number of nitrogens with one attached hydrogen (secondary N) is 1. The molecule has 1 aromatic carbocycles. The van der Waals surface area contributed by atoms with Crippen molar-refractivity contribution in [1.29, 1.82) is 0 Å². The van der Waals surface area contributed by atoms with Crippen LogP contribution in [0.5, 0.6) is 0 Å². The van der Waals surface area contributed by atoms with Gasteiger partial charge in [-0.1, -0.05) is 36.5 Å². The predicted molar refractivity (Wildman–Crippen MR) is 117 cm³/mol. The van der Waals surface area contributed by atoms with Crippen molar-refractivity contribution >= 4 is 50.6 Å². The monoisotopic (exact) mass is 489 g/mol. The van der Waals surface area contributed by atoms with Gasteiger partial charge in [-0.05, 0) is 43.9 Å². The number of amides is 2. The summed E-state index contributed by atoms with van der Waals surface area (Å²) in [5.74, 6) is -2.13. The number of nitrogens with zero attached hydrogens (tertiary/aromatic N) is 1. The van der Waals surface area contributed by atoms with Gasteiger partial charge in [-0.15, -0.1) is 0 Å². The maximum atomic E-state index is 13.2. The van der Waals surface area contributed by atoms with Crippen LogP contribution in [0.25, 0.3) is 0 Å². The fraction of sp³-hybridized carbons (Fsp3) is 0.550. The highest BCUT2D eigenvalue weighted by Gasteiger charge is 2.48. The number of hydrogen-bond acceptors (Lipinski definition) is 6. The second-order valence-corrected chi connectivity index (χ2v) is 11.0. The van der Waals surface area contributed by atoms with E-state index in [0.29, 0.717) is 17.9 Å². The van der Waals surface area contributed by atoms with Crippen molar-refractivity contribution in [3.05, 3.63) is 28.2 Å². The molecular weight excluding hydrogens is 465 g/mol. The Bertz CT molecular complexity index is 997. The Morgan fingerprint density at radius 1 is 1.26 bits per heavy atom. The molecule has 170 valence electrons. The Labute approximate surface area is 191 Å². The van der Waals surface area contributed by atoms with Gasteiger partial charge in [0.2, 0.25) is 11.7 Å². The van der Waals surface area contributed by atoms with E-state index < -0.39 is 44.8 Å². The van der Waals surface area contributed by atoms with E-state index in [0.717, 1.165) is 12.8 Å². The first-order valence-electron chi connectivity index (χ1n) is 10.1. The fourth-order valence-electron chi connectivity index (χ4n) is 3.91. The SMILES string of the molecule is CCC[C@@H](C(=O)C(=O)NC1CC1)N1CC(S(=O)(=O)c2ccc(Cl)cc2Cl)CC1C(N)=O. The van der Waals surface area contributed by atoms with E-state index in [4.69, 9.17) is 28.9 Å². The standard InChI is InChI=1S/C20H25Cl2N3O5S/c1-2-3-15(18(26)20(28)24-12-5-6-12)25-10-13(9-16(25)19(23)27)31(29,30)17-7-4-11(21)8-14(17)22/h4,7-8,12-13,15-16H,2-3,5-6,9-10H2,1H3,(H2,23,27)(H,24,28)/t13?,15-,16?/m0/s1. The van der Waals surface area contributed by atoms with Crippen molar-refractivity contribution in [2.75, 3.05) is 6.54 Å². The highest BCUT2D eigenvalue weighted by atomic mass is 35.5. The van der Waals surface area contributed by atoms with Crippen LogP contribution < -0.4 is 11.1 Å². The van der Waals surface area contributed by atoms with Crippen LogP contribution in [0.3, 0.4) is 0 Å². The molecule has 0 bridgehead atoms. The summed E-state index contributed by atoms with van der Waals surface area (Å²) in [6.07, 6.45) is 2.43. The molecule has 1 saturated heterocycles. The minimum absolute atomic E-state index is 0.00409. The van der Waals surface area contributed by atoms with Gasteiger partial charge in [-0.3, -0.25) is 19.3 Å². The molecule has 3 rings (SSSR count). The molecule has 1 aliphatic heterocycles. The zero-order valence-corrected chi connectivity index (χ0v) is 19.3. The lowest BCUT2D eigenvalue weighted by atomic mass is 10.0. The first-order valence-corrected chi connectivity index (χ1v) is 12.4. The van der Waals surface area contributed by atoms with Gasteiger partial charge in [0, 0.05) is 17.6 Å². The molecule has 1 heterocycles. The number of likely N-dealkylation sites (tertiary alicyclic amines) is 1. The van der Waals surface area contributed by atoms with Crippen molar-refractivity contribution in [3.63, 3.8) is 0 Å². The van der Waals surface area contributed by atoms with E-state index in [1.165, 1.54) is 23.1 Å². The van der Waals surface area contributed by atoms with Crippen LogP contribution in [0.2, 0.25) is 10.0 Å². The Morgan fingerprint density at radius 2 is 1.94 bits per heavy atom. The van der Waals surface area contributed by atoms with E-state index in [1.807, 2.05) is 6.92 Å². The summed E-state index contributed by atoms with van der Waals surface area (Å²) in [5, 5.41) is 1.92. The second kappa shape index (κ2) is 9.44. The number of ketones is 1. The van der Waals surface area contributed by atoms with Gasteiger partial charge in [-0.25, -0.2) is 8.42 Å². The summed E-state index contributed by atoms with van der Waals surface area (Å²) < 4.78 is 26.5. The van der Waals surface area contributed by atoms with Crippen molar-refractivity contribution in [1.82, 2.24) is 10.2 Å². The smallest absolute Gasteiger partial charge is 0.289 e. The molecular formula is C20H25Cl2N3O5S. The molecule has 2 amide bonds. The van der Waals surface area contributed by atoms with E-state index in [1.54, 1.807) is 0 Å². The lowest BCUT2D eigenvalue weighted by Crippen LogP contribution is -2.53. The Hall–Kier alpha value is -1.68. The largest absolute Gasteiger partial charge is 0.368 e. The minimum atomic E-state index is -3.94. The van der Waals surface area contributed by atoms with Gasteiger partial charge >= 0.3 is 0 Å². The van der Waals surface area contributed by atoms with Crippen molar-refractivity contribution < 1.29 is 22.8 Å². The van der Waals surface area contributed by atoms with Crippen LogP contribution in [0.4, 0.5) is 0 Å². The Balaban J connectivity index is 1.89. The number of primary amides is 1. The Morgan fingerprint density at radius 3 is 2.48 bits per heavy atom. The third-order valence-corrected chi connectivity index (χ3v) is 8.52. The quantitative estimate of drug-likeness (QED) is 0.508. The number of benzene rings is 1. The summed E-state index contributed by atoms with van der Waals surface area (Å²) in [4.78, 5) is 38.8. The summed E-state index contributed by atoms with van der Waals surface area (Å²) in [5.41, 5.74) is 5.55. The van der Waals surface area contributed by atoms with Gasteiger partial charge < -0.3 is 11.1 Å². The van der Waals surface area contributed by atoms with Crippen LogP contribution in [0.1, 0.15) is 39.0 Å². The van der Waals surface area contributed by atoms with Crippen LogP contribution in [-0.2, 0) is 24.2 Å². The van der Waals surface area contributed by atoms with Crippen molar-refractivity contribution in [2.24, 2.45) is 5.73 Å². The van der Waals surface area contributed by atoms with E-state index in [-0.39, 0.29) is 28.9 Å². The van der Waals surface area contributed by atoms with Gasteiger partial charge in [0.05, 0.1) is 27.3 Å². The maximum absolute atomic E-state index is 13.2. The van der Waals surface area contributed by atoms with Gasteiger partial charge in [0.25, 0.3) is 5.91 Å². The molecule has 3 atom stereocenters. The molecule has 31 heavy (non-hydrogen) atoms. The molecule has 3 N–H and O–H groups in total. The zero-order chi connectivity index (χ0) is 22.9. The highest BCUT2D eigenvalue weighted by molar-refractivity contribution is 7.92. The molecule has 1 aromatic rings. The first kappa shape index (κ1) is 24.0. The highest BCUT2D eigenvalue weighted by Crippen LogP contribution is 2.34. The molecule has 2 unspecified atom stereocenters. The average Bonchev–Trinajstić information content (AvgIpc) is 3.38. The van der Waals surface area contributed by atoms with Crippen molar-refractivity contribution in [2.45, 2.75) is 67.3 Å². The molecule has 8 nitrogen and oxygen atoms in total. The summed E-state index contributed by atoms with van der Waals surface area (Å²) >= 11 is 12.0. The lowest BCUT2D eigenvalue weighted by molar-refractivity contribution is -0.142. The van der Waals surface area contributed by atoms with Crippen LogP contribution in [-0.4, -0.2) is 60.8 Å². The minimum Gasteiger partial charge on any atom is -0.368 e. The number of hydrogen-bond donors (Lipinski definition) is 2. The molecule has 0 radical (unpaired) electrons. The topological polar surface area (TPSA) is 127 Å². The molecule has 1 aliphatic carbocycles. The van der Waals surface area contributed by atoms with E-state index >= 15 is 0 Å². The van der Waals surface area contributed by atoms with Gasteiger partial charge in [0.1, 0.15) is 0 Å². The lowest BCUT2D eigenvalue weighted by Gasteiger charge is -2.30.